The molecule has 0 saturated heterocycles. The number of hydrogen-bond donors (Lipinski definition) is 2. The maximum absolute atomic E-state index is 5.81. The Labute approximate surface area is 101 Å². The lowest BCUT2D eigenvalue weighted by atomic mass is 9.93. The van der Waals surface area contributed by atoms with Gasteiger partial charge in [0.25, 0.3) is 0 Å². The van der Waals surface area contributed by atoms with Crippen molar-refractivity contribution in [2.45, 2.75) is 52.2 Å². The van der Waals surface area contributed by atoms with Gasteiger partial charge >= 0.3 is 0 Å². The molecule has 0 aliphatic heterocycles. The maximum Gasteiger partial charge on any atom is 0.189 e. The predicted octanol–water partition coefficient (Wildman–Crippen LogP) is 0.563. The summed E-state index contributed by atoms with van der Waals surface area (Å²) < 4.78 is 0. The van der Waals surface area contributed by atoms with Gasteiger partial charge in [0.05, 0.1) is 18.8 Å². The Kier molecular flexibility index (Phi) is 3.61. The molecule has 1 aliphatic carbocycles. The molecule has 0 bridgehead atoms. The molecule has 1 aromatic heterocycles. The third-order valence-corrected chi connectivity index (χ3v) is 3.06. The summed E-state index contributed by atoms with van der Waals surface area (Å²) in [5.74, 6) is 0.514. The summed E-state index contributed by atoms with van der Waals surface area (Å²) in [4.78, 5) is 5.97. The van der Waals surface area contributed by atoms with Crippen LogP contribution in [0.15, 0.2) is 4.99 Å². The van der Waals surface area contributed by atoms with Gasteiger partial charge in [-0.3, -0.25) is 0 Å². The molecule has 1 aromatic rings. The number of aliphatic imine (C=N–C) groups is 1. The molecule has 94 valence electrons. The Bertz CT molecular complexity index is 404. The van der Waals surface area contributed by atoms with Crippen LogP contribution in [-0.2, 0) is 13.1 Å². The van der Waals surface area contributed by atoms with E-state index in [9.17, 15) is 0 Å². The third-order valence-electron chi connectivity index (χ3n) is 3.06. The van der Waals surface area contributed by atoms with Crippen LogP contribution in [0.4, 0.5) is 0 Å². The van der Waals surface area contributed by atoms with Crippen LogP contribution < -0.4 is 11.1 Å². The van der Waals surface area contributed by atoms with Gasteiger partial charge in [-0.15, -0.1) is 0 Å². The average Bonchev–Trinajstić information content (AvgIpc) is 2.62. The van der Waals surface area contributed by atoms with Crippen molar-refractivity contribution >= 4 is 5.96 Å². The molecule has 2 rings (SSSR count). The first-order valence-electron chi connectivity index (χ1n) is 6.16. The number of nitrogens with one attached hydrogen (secondary N) is 1. The van der Waals surface area contributed by atoms with Gasteiger partial charge in [0.2, 0.25) is 0 Å². The standard InChI is InChI=1S/C11H20N6/c1-3-17-15-8(2)10(16-17)7-13-11(12)14-9-5-4-6-9/h9H,3-7H2,1-2H3,(H3,12,13,14). The molecule has 0 spiro atoms. The second kappa shape index (κ2) is 5.16. The number of nitrogens with two attached hydrogens (primary N) is 1. The largest absolute Gasteiger partial charge is 0.370 e. The van der Waals surface area contributed by atoms with Crippen molar-refractivity contribution in [2.24, 2.45) is 10.7 Å². The summed E-state index contributed by atoms with van der Waals surface area (Å²) >= 11 is 0. The first kappa shape index (κ1) is 11.9. The van der Waals surface area contributed by atoms with Crippen LogP contribution in [0.5, 0.6) is 0 Å². The number of rotatable bonds is 4. The van der Waals surface area contributed by atoms with Crippen molar-refractivity contribution in [1.29, 1.82) is 0 Å². The van der Waals surface area contributed by atoms with Crippen LogP contribution in [0.25, 0.3) is 0 Å². The second-order valence-electron chi connectivity index (χ2n) is 4.39. The van der Waals surface area contributed by atoms with Crippen molar-refractivity contribution < 1.29 is 0 Å². The molecule has 1 saturated carbocycles. The Morgan fingerprint density at radius 2 is 2.29 bits per heavy atom. The summed E-state index contributed by atoms with van der Waals surface area (Å²) in [5.41, 5.74) is 7.62. The predicted molar refractivity (Wildman–Crippen MR) is 66.5 cm³/mol. The van der Waals surface area contributed by atoms with Gasteiger partial charge < -0.3 is 11.1 Å². The molecule has 0 aromatic carbocycles. The zero-order valence-electron chi connectivity index (χ0n) is 10.5. The molecule has 0 unspecified atom stereocenters. The minimum Gasteiger partial charge on any atom is -0.370 e. The van der Waals surface area contributed by atoms with E-state index in [1.807, 2.05) is 13.8 Å². The molecule has 6 nitrogen and oxygen atoms in total. The van der Waals surface area contributed by atoms with Crippen LogP contribution in [-0.4, -0.2) is 27.0 Å². The van der Waals surface area contributed by atoms with Crippen molar-refractivity contribution in [3.63, 3.8) is 0 Å². The van der Waals surface area contributed by atoms with Gasteiger partial charge in [-0.1, -0.05) is 0 Å². The van der Waals surface area contributed by atoms with E-state index in [0.717, 1.165) is 17.9 Å². The van der Waals surface area contributed by atoms with Gasteiger partial charge in [-0.2, -0.15) is 15.0 Å². The lowest BCUT2D eigenvalue weighted by Crippen LogP contribution is -2.43. The topological polar surface area (TPSA) is 81.1 Å². The molecular formula is C11H20N6. The highest BCUT2D eigenvalue weighted by Gasteiger charge is 2.17. The third kappa shape index (κ3) is 2.95. The first-order valence-corrected chi connectivity index (χ1v) is 6.16. The molecule has 1 heterocycles. The van der Waals surface area contributed by atoms with Crippen molar-refractivity contribution in [3.8, 4) is 0 Å². The zero-order chi connectivity index (χ0) is 12.3. The zero-order valence-corrected chi connectivity index (χ0v) is 10.5. The van der Waals surface area contributed by atoms with Crippen LogP contribution in [0.2, 0.25) is 0 Å². The summed E-state index contributed by atoms with van der Waals surface area (Å²) in [6.07, 6.45) is 3.68. The lowest BCUT2D eigenvalue weighted by molar-refractivity contribution is 0.382. The van der Waals surface area contributed by atoms with E-state index in [4.69, 9.17) is 5.73 Å². The quantitative estimate of drug-likeness (QED) is 0.591. The summed E-state index contributed by atoms with van der Waals surface area (Å²) in [7, 11) is 0. The van der Waals surface area contributed by atoms with E-state index in [1.165, 1.54) is 19.3 Å². The van der Waals surface area contributed by atoms with Gasteiger partial charge in [0.15, 0.2) is 5.96 Å². The minimum atomic E-state index is 0.497. The number of hydrogen-bond acceptors (Lipinski definition) is 3. The van der Waals surface area contributed by atoms with E-state index in [1.54, 1.807) is 4.80 Å². The van der Waals surface area contributed by atoms with Crippen LogP contribution >= 0.6 is 0 Å². The summed E-state index contributed by atoms with van der Waals surface area (Å²) in [5, 5.41) is 11.8. The molecule has 0 amide bonds. The Hall–Kier alpha value is -1.59. The average molecular weight is 236 g/mol. The van der Waals surface area contributed by atoms with E-state index < -0.39 is 0 Å². The second-order valence-corrected chi connectivity index (χ2v) is 4.39. The van der Waals surface area contributed by atoms with E-state index >= 15 is 0 Å². The number of aromatic nitrogens is 3. The van der Waals surface area contributed by atoms with E-state index in [2.05, 4.69) is 20.5 Å². The van der Waals surface area contributed by atoms with Gasteiger partial charge in [0.1, 0.15) is 5.69 Å². The Balaban J connectivity index is 1.90. The molecule has 3 N–H and O–H groups in total. The first-order chi connectivity index (χ1) is 8.19. The fourth-order valence-corrected chi connectivity index (χ4v) is 1.72. The number of nitrogens with zero attached hydrogens (tertiary/aromatic N) is 4. The Morgan fingerprint density at radius 3 is 2.82 bits per heavy atom. The highest BCUT2D eigenvalue weighted by molar-refractivity contribution is 5.78. The highest BCUT2D eigenvalue weighted by Crippen LogP contribution is 2.17. The molecule has 0 radical (unpaired) electrons. The van der Waals surface area contributed by atoms with Crippen LogP contribution in [0.1, 0.15) is 37.6 Å². The highest BCUT2D eigenvalue weighted by atomic mass is 15.5. The lowest BCUT2D eigenvalue weighted by Gasteiger charge is -2.26. The molecule has 1 aliphatic rings. The minimum absolute atomic E-state index is 0.497. The van der Waals surface area contributed by atoms with Gasteiger partial charge in [-0.25, -0.2) is 4.99 Å². The van der Waals surface area contributed by atoms with Crippen LogP contribution in [0, 0.1) is 6.92 Å². The van der Waals surface area contributed by atoms with Crippen molar-refractivity contribution in [2.75, 3.05) is 0 Å². The summed E-state index contributed by atoms with van der Waals surface area (Å²) in [6, 6.07) is 0.520. The molecule has 17 heavy (non-hydrogen) atoms. The molecule has 1 fully saturated rings. The van der Waals surface area contributed by atoms with Gasteiger partial charge in [-0.05, 0) is 33.1 Å². The Morgan fingerprint density at radius 1 is 1.53 bits per heavy atom. The molecular weight excluding hydrogens is 216 g/mol. The van der Waals surface area contributed by atoms with E-state index in [-0.39, 0.29) is 0 Å². The fraction of sp³-hybridized carbons (Fsp3) is 0.727. The van der Waals surface area contributed by atoms with Crippen molar-refractivity contribution in [1.82, 2.24) is 20.3 Å². The maximum atomic E-state index is 5.81. The molecule has 0 atom stereocenters. The molecule has 6 heteroatoms. The van der Waals surface area contributed by atoms with E-state index in [0.29, 0.717) is 18.5 Å². The fourth-order valence-electron chi connectivity index (χ4n) is 1.72. The van der Waals surface area contributed by atoms with Crippen LogP contribution in [0.3, 0.4) is 0 Å². The van der Waals surface area contributed by atoms with Gasteiger partial charge in [0, 0.05) is 6.04 Å². The SMILES string of the molecule is CCn1nc(C)c(CN=C(N)NC2CCC2)n1. The smallest absolute Gasteiger partial charge is 0.189 e. The number of aryl methyl sites for hydroxylation is 2. The normalized spacial score (nSPS) is 16.9. The summed E-state index contributed by atoms with van der Waals surface area (Å²) in [6.45, 7) is 5.23. The van der Waals surface area contributed by atoms with Crippen molar-refractivity contribution in [3.05, 3.63) is 11.4 Å². The monoisotopic (exact) mass is 236 g/mol. The number of guanidine groups is 1.